The van der Waals surface area contributed by atoms with Crippen molar-refractivity contribution in [2.45, 2.75) is 31.7 Å². The van der Waals surface area contributed by atoms with Gasteiger partial charge in [-0.05, 0) is 61.8 Å². The van der Waals surface area contributed by atoms with E-state index in [4.69, 9.17) is 16.3 Å². The van der Waals surface area contributed by atoms with Crippen molar-refractivity contribution in [2.75, 3.05) is 26.2 Å². The van der Waals surface area contributed by atoms with Crippen LogP contribution in [-0.4, -0.2) is 37.0 Å². The number of hydrogen-bond acceptors (Lipinski definition) is 3. The molecule has 1 aliphatic rings. The van der Waals surface area contributed by atoms with E-state index in [-0.39, 0.29) is 24.4 Å². The summed E-state index contributed by atoms with van der Waals surface area (Å²) in [5, 5.41) is 3.69. The Balaban J connectivity index is 1.61. The standard InChI is InChI=1S/C22H26ClFN2O2/c23-20-8-4-3-7-19(20)21(26-13-5-1-2-6-14-26)15-25-22(27)16-28-18-11-9-17(24)10-12-18/h3-4,7-12,21H,1-2,5-6,13-16H2,(H,25,27)/t21-/m0/s1. The molecule has 1 N–H and O–H groups in total. The van der Waals surface area contributed by atoms with E-state index < -0.39 is 0 Å². The van der Waals surface area contributed by atoms with Crippen molar-refractivity contribution in [3.8, 4) is 5.75 Å². The van der Waals surface area contributed by atoms with Crippen molar-refractivity contribution < 1.29 is 13.9 Å². The van der Waals surface area contributed by atoms with Gasteiger partial charge in [-0.1, -0.05) is 42.6 Å². The van der Waals surface area contributed by atoms with Crippen LogP contribution < -0.4 is 10.1 Å². The molecule has 150 valence electrons. The molecule has 1 amide bonds. The minimum Gasteiger partial charge on any atom is -0.484 e. The fourth-order valence-electron chi connectivity index (χ4n) is 3.53. The molecular weight excluding hydrogens is 379 g/mol. The number of carbonyl (C=O) groups excluding carboxylic acids is 1. The second kappa shape index (κ2) is 10.4. The van der Waals surface area contributed by atoms with Crippen molar-refractivity contribution in [1.29, 1.82) is 0 Å². The highest BCUT2D eigenvalue weighted by Crippen LogP contribution is 2.29. The molecule has 0 bridgehead atoms. The predicted octanol–water partition coefficient (Wildman–Crippen LogP) is 4.59. The highest BCUT2D eigenvalue weighted by atomic mass is 35.5. The summed E-state index contributed by atoms with van der Waals surface area (Å²) >= 11 is 6.45. The van der Waals surface area contributed by atoms with E-state index in [0.717, 1.165) is 31.5 Å². The van der Waals surface area contributed by atoms with Crippen LogP contribution in [0, 0.1) is 5.82 Å². The molecule has 0 unspecified atom stereocenters. The van der Waals surface area contributed by atoms with Crippen LogP contribution in [0.15, 0.2) is 48.5 Å². The molecule has 6 heteroatoms. The van der Waals surface area contributed by atoms with Crippen molar-refractivity contribution >= 4 is 17.5 Å². The van der Waals surface area contributed by atoms with Crippen LogP contribution in [0.3, 0.4) is 0 Å². The average molecular weight is 405 g/mol. The van der Waals surface area contributed by atoms with Crippen LogP contribution >= 0.6 is 11.6 Å². The van der Waals surface area contributed by atoms with E-state index in [1.54, 1.807) is 0 Å². The summed E-state index contributed by atoms with van der Waals surface area (Å²) < 4.78 is 18.4. The number of hydrogen-bond donors (Lipinski definition) is 1. The van der Waals surface area contributed by atoms with Crippen LogP contribution in [0.1, 0.15) is 37.3 Å². The first-order chi connectivity index (χ1) is 13.6. The van der Waals surface area contributed by atoms with Gasteiger partial charge in [0.25, 0.3) is 5.91 Å². The first-order valence-corrected chi connectivity index (χ1v) is 10.1. The Kier molecular flexibility index (Phi) is 7.69. The number of rotatable bonds is 7. The van der Waals surface area contributed by atoms with Gasteiger partial charge in [-0.3, -0.25) is 9.69 Å². The summed E-state index contributed by atoms with van der Waals surface area (Å²) in [6, 6.07) is 13.5. The maximum atomic E-state index is 12.9. The third kappa shape index (κ3) is 5.94. The molecule has 1 saturated heterocycles. The average Bonchev–Trinajstić information content (AvgIpc) is 2.98. The monoisotopic (exact) mass is 404 g/mol. The fraction of sp³-hybridized carbons (Fsp3) is 0.409. The Morgan fingerprint density at radius 2 is 1.75 bits per heavy atom. The van der Waals surface area contributed by atoms with Gasteiger partial charge in [0.1, 0.15) is 11.6 Å². The lowest BCUT2D eigenvalue weighted by atomic mass is 10.0. The zero-order valence-corrected chi connectivity index (χ0v) is 16.6. The van der Waals surface area contributed by atoms with Gasteiger partial charge in [0, 0.05) is 11.6 Å². The van der Waals surface area contributed by atoms with Crippen LogP contribution in [0.5, 0.6) is 5.75 Å². The highest BCUT2D eigenvalue weighted by molar-refractivity contribution is 6.31. The van der Waals surface area contributed by atoms with Gasteiger partial charge in [0.15, 0.2) is 6.61 Å². The summed E-state index contributed by atoms with van der Waals surface area (Å²) in [7, 11) is 0. The van der Waals surface area contributed by atoms with E-state index >= 15 is 0 Å². The number of benzene rings is 2. The highest BCUT2D eigenvalue weighted by Gasteiger charge is 2.24. The third-order valence-electron chi connectivity index (χ3n) is 5.02. The van der Waals surface area contributed by atoms with Crippen LogP contribution in [0.2, 0.25) is 5.02 Å². The van der Waals surface area contributed by atoms with Gasteiger partial charge < -0.3 is 10.1 Å². The quantitative estimate of drug-likeness (QED) is 0.733. The second-order valence-corrected chi connectivity index (χ2v) is 7.44. The number of nitrogens with one attached hydrogen (secondary N) is 1. The molecule has 2 aromatic rings. The number of carbonyl (C=O) groups is 1. The molecule has 0 aromatic heterocycles. The van der Waals surface area contributed by atoms with Crippen LogP contribution in [-0.2, 0) is 4.79 Å². The van der Waals surface area contributed by atoms with E-state index in [2.05, 4.69) is 10.2 Å². The maximum absolute atomic E-state index is 12.9. The number of halogens is 2. The molecule has 0 radical (unpaired) electrons. The smallest absolute Gasteiger partial charge is 0.258 e. The third-order valence-corrected chi connectivity index (χ3v) is 5.37. The summed E-state index contributed by atoms with van der Waals surface area (Å²) in [5.41, 5.74) is 1.03. The van der Waals surface area contributed by atoms with Gasteiger partial charge in [0.2, 0.25) is 0 Å². The second-order valence-electron chi connectivity index (χ2n) is 7.03. The number of nitrogens with zero attached hydrogens (tertiary/aromatic N) is 1. The van der Waals surface area contributed by atoms with E-state index in [0.29, 0.717) is 17.3 Å². The lowest BCUT2D eigenvalue weighted by Gasteiger charge is -2.31. The Morgan fingerprint density at radius 1 is 1.07 bits per heavy atom. The van der Waals surface area contributed by atoms with Crippen LogP contribution in [0.4, 0.5) is 4.39 Å². The summed E-state index contributed by atoms with van der Waals surface area (Å²) in [4.78, 5) is 14.7. The molecule has 28 heavy (non-hydrogen) atoms. The van der Waals surface area contributed by atoms with Crippen molar-refractivity contribution in [3.05, 3.63) is 64.9 Å². The molecule has 1 aliphatic heterocycles. The number of ether oxygens (including phenoxy) is 1. The Hall–Kier alpha value is -2.11. The zero-order valence-electron chi connectivity index (χ0n) is 15.9. The lowest BCUT2D eigenvalue weighted by molar-refractivity contribution is -0.123. The van der Waals surface area contributed by atoms with Crippen molar-refractivity contribution in [2.24, 2.45) is 0 Å². The SMILES string of the molecule is O=C(COc1ccc(F)cc1)NC[C@@H](c1ccccc1Cl)N1CCCCCC1. The van der Waals surface area contributed by atoms with E-state index in [1.165, 1.54) is 37.1 Å². The Bertz CT molecular complexity index is 761. The van der Waals surface area contributed by atoms with E-state index in [1.807, 2.05) is 24.3 Å². The van der Waals surface area contributed by atoms with Gasteiger partial charge >= 0.3 is 0 Å². The molecule has 2 aromatic carbocycles. The Labute approximate surface area is 170 Å². The lowest BCUT2D eigenvalue weighted by Crippen LogP contribution is -2.40. The molecule has 0 aliphatic carbocycles. The number of likely N-dealkylation sites (tertiary alicyclic amines) is 1. The summed E-state index contributed by atoms with van der Waals surface area (Å²) in [5.74, 6) is -0.0836. The van der Waals surface area contributed by atoms with Crippen LogP contribution in [0.25, 0.3) is 0 Å². The zero-order chi connectivity index (χ0) is 19.8. The molecule has 3 rings (SSSR count). The molecule has 1 heterocycles. The van der Waals surface area contributed by atoms with Gasteiger partial charge in [0.05, 0.1) is 6.04 Å². The predicted molar refractivity (Wildman–Crippen MR) is 109 cm³/mol. The Morgan fingerprint density at radius 3 is 2.43 bits per heavy atom. The van der Waals surface area contributed by atoms with E-state index in [9.17, 15) is 9.18 Å². The topological polar surface area (TPSA) is 41.6 Å². The van der Waals surface area contributed by atoms with Gasteiger partial charge in [-0.25, -0.2) is 4.39 Å². The van der Waals surface area contributed by atoms with Crippen molar-refractivity contribution in [3.63, 3.8) is 0 Å². The fourth-order valence-corrected chi connectivity index (χ4v) is 3.79. The minimum atomic E-state index is -0.336. The largest absolute Gasteiger partial charge is 0.484 e. The molecule has 4 nitrogen and oxygen atoms in total. The molecule has 1 atom stereocenters. The van der Waals surface area contributed by atoms with Gasteiger partial charge in [-0.2, -0.15) is 0 Å². The maximum Gasteiger partial charge on any atom is 0.258 e. The molecular formula is C22H26ClFN2O2. The number of amides is 1. The minimum absolute atomic E-state index is 0.0292. The first-order valence-electron chi connectivity index (χ1n) is 9.77. The normalized spacial score (nSPS) is 16.2. The summed E-state index contributed by atoms with van der Waals surface area (Å²) in [6.07, 6.45) is 4.79. The van der Waals surface area contributed by atoms with Gasteiger partial charge in [-0.15, -0.1) is 0 Å². The van der Waals surface area contributed by atoms with Crippen molar-refractivity contribution in [1.82, 2.24) is 10.2 Å². The molecule has 1 fully saturated rings. The summed E-state index contributed by atoms with van der Waals surface area (Å²) in [6.45, 7) is 2.35. The first kappa shape index (κ1) is 20.6. The molecule has 0 spiro atoms. The molecule has 0 saturated carbocycles.